The molecule has 1 saturated carbocycles. The third kappa shape index (κ3) is 4.63. The highest BCUT2D eigenvalue weighted by Gasteiger charge is 2.36. The van der Waals surface area contributed by atoms with E-state index >= 15 is 0 Å². The third-order valence-electron chi connectivity index (χ3n) is 6.26. The van der Waals surface area contributed by atoms with Crippen molar-refractivity contribution in [2.75, 3.05) is 19.7 Å². The number of carbonyl (C=O) groups excluding carboxylic acids is 2. The first-order chi connectivity index (χ1) is 14.0. The molecular weight excluding hydrogens is 384 g/mol. The van der Waals surface area contributed by atoms with Crippen LogP contribution in [0.4, 0.5) is 0 Å². The second-order valence-electron chi connectivity index (χ2n) is 8.87. The lowest BCUT2D eigenvalue weighted by molar-refractivity contribution is -0.157. The maximum Gasteiger partial charge on any atom is 0.310 e. The van der Waals surface area contributed by atoms with Crippen molar-refractivity contribution in [1.29, 1.82) is 0 Å². The van der Waals surface area contributed by atoms with Gasteiger partial charge in [-0.3, -0.25) is 9.59 Å². The SMILES string of the molecule is CC1CC(C)CN(C(=O)COC(=O)C2CCCCC2c2nc3ccccc3s2)C1. The molecule has 1 aromatic heterocycles. The van der Waals surface area contributed by atoms with E-state index in [4.69, 9.17) is 9.72 Å². The molecule has 156 valence electrons. The zero-order valence-electron chi connectivity index (χ0n) is 17.3. The molecule has 2 fully saturated rings. The molecule has 1 aromatic carbocycles. The summed E-state index contributed by atoms with van der Waals surface area (Å²) in [5.41, 5.74) is 0.994. The van der Waals surface area contributed by atoms with Gasteiger partial charge in [0.25, 0.3) is 5.91 Å². The molecule has 0 bridgehead atoms. The van der Waals surface area contributed by atoms with Crippen molar-refractivity contribution in [1.82, 2.24) is 9.88 Å². The first-order valence-corrected chi connectivity index (χ1v) is 11.6. The van der Waals surface area contributed by atoms with E-state index in [-0.39, 0.29) is 30.3 Å². The summed E-state index contributed by atoms with van der Waals surface area (Å²) in [5, 5.41) is 1.03. The van der Waals surface area contributed by atoms with E-state index in [1.54, 1.807) is 11.3 Å². The predicted octanol–water partition coefficient (Wildman–Crippen LogP) is 4.62. The Bertz CT molecular complexity index is 837. The van der Waals surface area contributed by atoms with E-state index in [9.17, 15) is 9.59 Å². The number of carbonyl (C=O) groups is 2. The molecule has 29 heavy (non-hydrogen) atoms. The number of hydrogen-bond acceptors (Lipinski definition) is 5. The second-order valence-corrected chi connectivity index (χ2v) is 9.93. The van der Waals surface area contributed by atoms with Gasteiger partial charge in [0.15, 0.2) is 6.61 Å². The molecular formula is C23H30N2O3S. The average Bonchev–Trinajstić information content (AvgIpc) is 3.15. The number of fused-ring (bicyclic) bond motifs is 1. The van der Waals surface area contributed by atoms with Gasteiger partial charge in [-0.1, -0.05) is 38.8 Å². The first-order valence-electron chi connectivity index (χ1n) is 10.8. The number of benzene rings is 1. The van der Waals surface area contributed by atoms with E-state index < -0.39 is 0 Å². The Labute approximate surface area is 176 Å². The maximum absolute atomic E-state index is 12.9. The quantitative estimate of drug-likeness (QED) is 0.685. The van der Waals surface area contributed by atoms with E-state index in [1.807, 2.05) is 23.1 Å². The standard InChI is InChI=1S/C23H30N2O3S/c1-15-11-16(2)13-25(12-15)21(26)14-28-23(27)18-8-4-3-7-17(18)22-24-19-9-5-6-10-20(19)29-22/h5-6,9-10,15-18H,3-4,7-8,11-14H2,1-2H3. The molecule has 0 N–H and O–H groups in total. The molecule has 4 unspecified atom stereocenters. The minimum Gasteiger partial charge on any atom is -0.455 e. The monoisotopic (exact) mass is 414 g/mol. The molecule has 2 aliphatic rings. The number of piperidine rings is 1. The Hall–Kier alpha value is -1.95. The van der Waals surface area contributed by atoms with E-state index in [1.165, 1.54) is 0 Å². The number of thiazole rings is 1. The number of rotatable bonds is 4. The molecule has 1 amide bonds. The molecule has 6 heteroatoms. The van der Waals surface area contributed by atoms with Gasteiger partial charge in [0.2, 0.25) is 0 Å². The third-order valence-corrected chi connectivity index (χ3v) is 7.42. The fourth-order valence-corrected chi connectivity index (χ4v) is 6.12. The highest BCUT2D eigenvalue weighted by atomic mass is 32.1. The Kier molecular flexibility index (Phi) is 6.18. The van der Waals surface area contributed by atoms with Crippen LogP contribution >= 0.6 is 11.3 Å². The largest absolute Gasteiger partial charge is 0.455 e. The molecule has 2 aromatic rings. The van der Waals surface area contributed by atoms with Crippen LogP contribution in [0.1, 0.15) is 56.9 Å². The Morgan fingerprint density at radius 2 is 1.86 bits per heavy atom. The molecule has 1 aliphatic carbocycles. The van der Waals surface area contributed by atoms with Crippen molar-refractivity contribution in [3.63, 3.8) is 0 Å². The highest BCUT2D eigenvalue weighted by Crippen LogP contribution is 2.41. The van der Waals surface area contributed by atoms with E-state index in [0.29, 0.717) is 11.8 Å². The smallest absolute Gasteiger partial charge is 0.310 e. The van der Waals surface area contributed by atoms with Crippen LogP contribution in [0.2, 0.25) is 0 Å². The molecule has 1 aliphatic heterocycles. The highest BCUT2D eigenvalue weighted by molar-refractivity contribution is 7.18. The Morgan fingerprint density at radius 3 is 2.62 bits per heavy atom. The normalized spacial score (nSPS) is 27.7. The zero-order chi connectivity index (χ0) is 20.4. The summed E-state index contributed by atoms with van der Waals surface area (Å²) in [6, 6.07) is 8.11. The van der Waals surface area contributed by atoms with Gasteiger partial charge < -0.3 is 9.64 Å². The summed E-state index contributed by atoms with van der Waals surface area (Å²) in [6.07, 6.45) is 5.04. The Morgan fingerprint density at radius 1 is 1.14 bits per heavy atom. The first kappa shape index (κ1) is 20.3. The van der Waals surface area contributed by atoms with Crippen molar-refractivity contribution in [2.24, 2.45) is 17.8 Å². The van der Waals surface area contributed by atoms with E-state index in [2.05, 4.69) is 19.9 Å². The molecule has 0 radical (unpaired) electrons. The van der Waals surface area contributed by atoms with Crippen molar-refractivity contribution in [3.8, 4) is 0 Å². The minimum absolute atomic E-state index is 0.0657. The van der Waals surface area contributed by atoms with Crippen LogP contribution in [0.3, 0.4) is 0 Å². The Balaban J connectivity index is 1.40. The van der Waals surface area contributed by atoms with Gasteiger partial charge in [-0.15, -0.1) is 11.3 Å². The van der Waals surface area contributed by atoms with Gasteiger partial charge in [-0.25, -0.2) is 4.98 Å². The van der Waals surface area contributed by atoms with Gasteiger partial charge in [0.1, 0.15) is 0 Å². The number of amides is 1. The second kappa shape index (κ2) is 8.82. The van der Waals surface area contributed by atoms with Crippen LogP contribution in [-0.2, 0) is 14.3 Å². The molecule has 4 atom stereocenters. The maximum atomic E-state index is 12.9. The van der Waals surface area contributed by atoms with Crippen LogP contribution in [-0.4, -0.2) is 41.5 Å². The zero-order valence-corrected chi connectivity index (χ0v) is 18.1. The van der Waals surface area contributed by atoms with Gasteiger partial charge in [0.05, 0.1) is 21.1 Å². The summed E-state index contributed by atoms with van der Waals surface area (Å²) in [6.45, 7) is 5.73. The van der Waals surface area contributed by atoms with Crippen LogP contribution < -0.4 is 0 Å². The lowest BCUT2D eigenvalue weighted by Crippen LogP contribution is -2.44. The van der Waals surface area contributed by atoms with Crippen molar-refractivity contribution >= 4 is 33.4 Å². The summed E-state index contributed by atoms with van der Waals surface area (Å²) in [5.74, 6) is 0.597. The lowest BCUT2D eigenvalue weighted by atomic mass is 9.79. The van der Waals surface area contributed by atoms with Crippen LogP contribution in [0, 0.1) is 17.8 Å². The summed E-state index contributed by atoms with van der Waals surface area (Å²) in [4.78, 5) is 32.1. The van der Waals surface area contributed by atoms with Crippen LogP contribution in [0.25, 0.3) is 10.2 Å². The van der Waals surface area contributed by atoms with Crippen molar-refractivity contribution in [3.05, 3.63) is 29.3 Å². The van der Waals surface area contributed by atoms with Gasteiger partial charge in [-0.05, 0) is 43.2 Å². The van der Waals surface area contributed by atoms with Gasteiger partial charge in [-0.2, -0.15) is 0 Å². The molecule has 4 rings (SSSR count). The van der Waals surface area contributed by atoms with Crippen LogP contribution in [0.5, 0.6) is 0 Å². The van der Waals surface area contributed by atoms with Crippen LogP contribution in [0.15, 0.2) is 24.3 Å². The number of likely N-dealkylation sites (tertiary alicyclic amines) is 1. The van der Waals surface area contributed by atoms with Gasteiger partial charge >= 0.3 is 5.97 Å². The van der Waals surface area contributed by atoms with Gasteiger partial charge in [0, 0.05) is 19.0 Å². The van der Waals surface area contributed by atoms with Crippen molar-refractivity contribution < 1.29 is 14.3 Å². The number of ether oxygens (including phenoxy) is 1. The van der Waals surface area contributed by atoms with E-state index in [0.717, 1.165) is 60.4 Å². The predicted molar refractivity (Wildman–Crippen MR) is 115 cm³/mol. The topological polar surface area (TPSA) is 59.5 Å². The summed E-state index contributed by atoms with van der Waals surface area (Å²) < 4.78 is 6.70. The molecule has 5 nitrogen and oxygen atoms in total. The lowest BCUT2D eigenvalue weighted by Gasteiger charge is -2.35. The molecule has 1 saturated heterocycles. The number of nitrogens with zero attached hydrogens (tertiary/aromatic N) is 2. The fraction of sp³-hybridized carbons (Fsp3) is 0.609. The molecule has 2 heterocycles. The summed E-state index contributed by atoms with van der Waals surface area (Å²) >= 11 is 1.68. The number of esters is 1. The van der Waals surface area contributed by atoms with Crippen molar-refractivity contribution in [2.45, 2.75) is 51.9 Å². The minimum atomic E-state index is -0.236. The summed E-state index contributed by atoms with van der Waals surface area (Å²) in [7, 11) is 0. The number of aromatic nitrogens is 1. The molecule has 0 spiro atoms. The number of para-hydroxylation sites is 1. The number of hydrogen-bond donors (Lipinski definition) is 0. The fourth-order valence-electron chi connectivity index (χ4n) is 4.95. The average molecular weight is 415 g/mol.